The van der Waals surface area contributed by atoms with E-state index in [1.54, 1.807) is 48.5 Å². The number of amides is 1. The fourth-order valence-electron chi connectivity index (χ4n) is 5.19. The lowest BCUT2D eigenvalue weighted by molar-refractivity contribution is -0.173. The number of benzene rings is 4. The molecule has 11 heteroatoms. The maximum Gasteiger partial charge on any atom is 0.410 e. The third kappa shape index (κ3) is 6.46. The van der Waals surface area contributed by atoms with Gasteiger partial charge < -0.3 is 20.1 Å². The van der Waals surface area contributed by atoms with Crippen LogP contribution in [0.4, 0.5) is 24.7 Å². The smallest absolute Gasteiger partial charge is 0.410 e. The zero-order valence-electron chi connectivity index (χ0n) is 24.2. The van der Waals surface area contributed by atoms with E-state index in [1.807, 2.05) is 62.4 Å². The minimum absolute atomic E-state index is 0.0792. The summed E-state index contributed by atoms with van der Waals surface area (Å²) in [5, 5.41) is 9.61. The summed E-state index contributed by atoms with van der Waals surface area (Å²) >= 11 is 6.56. The van der Waals surface area contributed by atoms with Crippen LogP contribution in [0.5, 0.6) is 23.0 Å². The van der Waals surface area contributed by atoms with Crippen LogP contribution in [0.2, 0.25) is 5.02 Å². The summed E-state index contributed by atoms with van der Waals surface area (Å²) in [4.78, 5) is 13.5. The first-order valence-corrected chi connectivity index (χ1v) is 14.5. The Hall–Kier alpha value is -4.96. The van der Waals surface area contributed by atoms with Crippen molar-refractivity contribution in [1.29, 1.82) is 0 Å². The molecule has 0 bridgehead atoms. The molecule has 4 aromatic carbocycles. The van der Waals surface area contributed by atoms with Crippen LogP contribution in [0, 0.1) is 13.8 Å². The van der Waals surface area contributed by atoms with E-state index in [2.05, 4.69) is 15.7 Å². The van der Waals surface area contributed by atoms with Crippen molar-refractivity contribution < 1.29 is 27.4 Å². The highest BCUT2D eigenvalue weighted by atomic mass is 35.5. The summed E-state index contributed by atoms with van der Waals surface area (Å²) in [6, 6.07) is 25.8. The fourth-order valence-corrected chi connectivity index (χ4v) is 5.45. The van der Waals surface area contributed by atoms with Crippen molar-refractivity contribution in [3.05, 3.63) is 124 Å². The van der Waals surface area contributed by atoms with Crippen LogP contribution in [0.1, 0.15) is 45.7 Å². The van der Waals surface area contributed by atoms with Gasteiger partial charge in [0.05, 0.1) is 6.04 Å². The quantitative estimate of drug-likeness (QED) is 0.187. The van der Waals surface area contributed by atoms with Crippen molar-refractivity contribution in [2.24, 2.45) is 0 Å². The molecule has 1 aliphatic heterocycles. The largest absolute Gasteiger partial charge is 0.457 e. The number of hydrogen-bond donors (Lipinski definition) is 2. The summed E-state index contributed by atoms with van der Waals surface area (Å²) in [5.41, 5.74) is 2.36. The van der Waals surface area contributed by atoms with Gasteiger partial charge in [0, 0.05) is 30.3 Å². The molecule has 2 N–H and O–H groups in total. The van der Waals surface area contributed by atoms with Crippen LogP contribution in [-0.4, -0.2) is 21.9 Å². The Bertz CT molecular complexity index is 1790. The molecular weight excluding hydrogens is 605 g/mol. The van der Waals surface area contributed by atoms with Gasteiger partial charge in [-0.25, -0.2) is 4.68 Å². The summed E-state index contributed by atoms with van der Waals surface area (Å²) in [7, 11) is 0. The van der Waals surface area contributed by atoms with Crippen molar-refractivity contribution in [2.45, 2.75) is 38.5 Å². The Labute approximate surface area is 262 Å². The van der Waals surface area contributed by atoms with Crippen LogP contribution < -0.4 is 20.1 Å². The Balaban J connectivity index is 1.33. The first-order valence-electron chi connectivity index (χ1n) is 14.2. The highest BCUT2D eigenvalue weighted by Gasteiger charge is 2.47. The molecule has 0 spiro atoms. The van der Waals surface area contributed by atoms with Crippen molar-refractivity contribution in [2.75, 3.05) is 10.6 Å². The minimum atomic E-state index is -4.63. The molecule has 7 nitrogen and oxygen atoms in total. The van der Waals surface area contributed by atoms with Gasteiger partial charge in [-0.3, -0.25) is 4.79 Å². The summed E-state index contributed by atoms with van der Waals surface area (Å²) in [6.07, 6.45) is -4.95. The number of rotatable bonds is 7. The number of nitrogens with zero attached hydrogens (tertiary/aromatic N) is 2. The van der Waals surface area contributed by atoms with Crippen molar-refractivity contribution >= 4 is 29.0 Å². The number of carbonyl (C=O) groups excluding carboxylic acids is 1. The molecule has 2 unspecified atom stereocenters. The number of nitrogens with one attached hydrogen (secondary N) is 2. The van der Waals surface area contributed by atoms with Gasteiger partial charge in [0.1, 0.15) is 33.8 Å². The van der Waals surface area contributed by atoms with Gasteiger partial charge in [-0.2, -0.15) is 18.3 Å². The number of fused-ring (bicyclic) bond motifs is 1. The predicted molar refractivity (Wildman–Crippen MR) is 167 cm³/mol. The second-order valence-electron chi connectivity index (χ2n) is 10.7. The molecular formula is C34H28ClF3N4O3. The Morgan fingerprint density at radius 1 is 0.889 bits per heavy atom. The molecule has 2 atom stereocenters. The van der Waals surface area contributed by atoms with Crippen molar-refractivity contribution in [3.63, 3.8) is 0 Å². The number of para-hydroxylation sites is 2. The van der Waals surface area contributed by atoms with Gasteiger partial charge in [0.15, 0.2) is 11.7 Å². The molecule has 6 rings (SSSR count). The number of ether oxygens (including phenoxy) is 2. The number of aryl methyl sites for hydroxylation is 2. The second-order valence-corrected chi connectivity index (χ2v) is 11.1. The predicted octanol–water partition coefficient (Wildman–Crippen LogP) is 9.65. The fraction of sp³-hybridized carbons (Fsp3) is 0.176. The van der Waals surface area contributed by atoms with Gasteiger partial charge in [-0.1, -0.05) is 78.3 Å². The average molecular weight is 633 g/mol. The summed E-state index contributed by atoms with van der Waals surface area (Å²) in [5.74, 6) is 1.06. The molecule has 1 amide bonds. The lowest BCUT2D eigenvalue weighted by atomic mass is 9.97. The van der Waals surface area contributed by atoms with Gasteiger partial charge in [0.25, 0.3) is 5.91 Å². The minimum Gasteiger partial charge on any atom is -0.457 e. The van der Waals surface area contributed by atoms with E-state index in [0.717, 1.165) is 15.8 Å². The van der Waals surface area contributed by atoms with Crippen LogP contribution in [0.25, 0.3) is 0 Å². The van der Waals surface area contributed by atoms with Gasteiger partial charge in [-0.05, 0) is 42.7 Å². The third-order valence-electron chi connectivity index (χ3n) is 7.49. The Morgan fingerprint density at radius 2 is 1.44 bits per heavy atom. The summed E-state index contributed by atoms with van der Waals surface area (Å²) in [6.45, 7) is 3.80. The summed E-state index contributed by atoms with van der Waals surface area (Å²) < 4.78 is 55.7. The van der Waals surface area contributed by atoms with E-state index in [9.17, 15) is 18.0 Å². The molecule has 0 saturated carbocycles. The molecule has 2 heterocycles. The number of hydrogen-bond acceptors (Lipinski definition) is 5. The van der Waals surface area contributed by atoms with Crippen LogP contribution in [0.3, 0.4) is 0 Å². The molecule has 0 saturated heterocycles. The van der Waals surface area contributed by atoms with Gasteiger partial charge >= 0.3 is 6.18 Å². The zero-order valence-corrected chi connectivity index (χ0v) is 25.0. The van der Waals surface area contributed by atoms with E-state index >= 15 is 0 Å². The van der Waals surface area contributed by atoms with Crippen molar-refractivity contribution in [1.82, 2.24) is 9.78 Å². The monoisotopic (exact) mass is 632 g/mol. The number of anilines is 2. The maximum atomic E-state index is 14.2. The van der Waals surface area contributed by atoms with Crippen LogP contribution in [0.15, 0.2) is 97.1 Å². The Morgan fingerprint density at radius 3 is 2.00 bits per heavy atom. The first-order chi connectivity index (χ1) is 21.6. The average Bonchev–Trinajstić information content (AvgIpc) is 3.35. The molecule has 0 fully saturated rings. The highest BCUT2D eigenvalue weighted by molar-refractivity contribution is 6.36. The first kappa shape index (κ1) is 30.1. The maximum absolute atomic E-state index is 14.2. The second kappa shape index (κ2) is 12.2. The number of aromatic nitrogens is 2. The lowest BCUT2D eigenvalue weighted by Crippen LogP contribution is -2.35. The molecule has 0 aliphatic carbocycles. The zero-order chi connectivity index (χ0) is 31.7. The number of halogens is 4. The van der Waals surface area contributed by atoms with Gasteiger partial charge in [0.2, 0.25) is 0 Å². The molecule has 5 aromatic rings. The standard InChI is InChI=1S/C34H28ClF3N4O3/c1-20-10-6-8-14-27(20)44-24-16-23(17-25(18-24)45-28-15-9-7-11-21(28)2)39-33(43)31-30(35)32-40-26(22-12-4-3-5-13-22)19-29(34(36,37)38)42(32)41-31/h3-18,26,29,40H,19H2,1-2H3,(H,39,43). The highest BCUT2D eigenvalue weighted by Crippen LogP contribution is 2.46. The normalized spacial score (nSPS) is 16.0. The van der Waals surface area contributed by atoms with E-state index in [1.165, 1.54) is 0 Å². The molecule has 1 aliphatic rings. The SMILES string of the molecule is Cc1ccccc1Oc1cc(NC(=O)c2nn3c(c2Cl)NC(c2ccccc2)CC3C(F)(F)F)cc(Oc2ccccc2C)c1. The van der Waals surface area contributed by atoms with E-state index < -0.39 is 24.2 Å². The molecule has 230 valence electrons. The lowest BCUT2D eigenvalue weighted by Gasteiger charge is -2.33. The van der Waals surface area contributed by atoms with Crippen LogP contribution in [-0.2, 0) is 0 Å². The molecule has 45 heavy (non-hydrogen) atoms. The third-order valence-corrected chi connectivity index (χ3v) is 7.85. The van der Waals surface area contributed by atoms with E-state index in [-0.39, 0.29) is 28.6 Å². The van der Waals surface area contributed by atoms with E-state index in [0.29, 0.717) is 28.6 Å². The van der Waals surface area contributed by atoms with Gasteiger partial charge in [-0.15, -0.1) is 0 Å². The topological polar surface area (TPSA) is 77.4 Å². The molecule has 0 radical (unpaired) electrons. The molecule has 1 aromatic heterocycles. The van der Waals surface area contributed by atoms with Crippen molar-refractivity contribution in [3.8, 4) is 23.0 Å². The van der Waals surface area contributed by atoms with Crippen LogP contribution >= 0.6 is 11.6 Å². The number of alkyl halides is 3. The number of carbonyl (C=O) groups is 1. The van der Waals surface area contributed by atoms with E-state index in [4.69, 9.17) is 21.1 Å². The Kier molecular flexibility index (Phi) is 8.16.